The molecule has 0 aliphatic carbocycles. The van der Waals surface area contributed by atoms with Crippen LogP contribution in [-0.4, -0.2) is 71.0 Å². The number of amides is 1. The van der Waals surface area contributed by atoms with Crippen molar-refractivity contribution in [3.8, 4) is 5.75 Å². The summed E-state index contributed by atoms with van der Waals surface area (Å²) in [5, 5.41) is 0. The van der Waals surface area contributed by atoms with Gasteiger partial charge in [0.05, 0.1) is 17.5 Å². The van der Waals surface area contributed by atoms with Gasteiger partial charge in [-0.05, 0) is 26.2 Å². The predicted octanol–water partition coefficient (Wildman–Crippen LogP) is 1.11. The highest BCUT2D eigenvalue weighted by molar-refractivity contribution is 8.01. The number of thioether (sulfide) groups is 1. The second-order valence-electron chi connectivity index (χ2n) is 6.11. The Hall–Kier alpha value is -1.27. The van der Waals surface area contributed by atoms with Crippen molar-refractivity contribution >= 4 is 17.7 Å². The van der Waals surface area contributed by atoms with E-state index in [1.165, 1.54) is 0 Å². The minimum Gasteiger partial charge on any atom is -0.488 e. The molecule has 1 atom stereocenters. The first kappa shape index (κ1) is 14.7. The predicted molar refractivity (Wildman–Crippen MR) is 83.6 cm³/mol. The van der Waals surface area contributed by atoms with Crippen molar-refractivity contribution in [1.29, 1.82) is 0 Å². The van der Waals surface area contributed by atoms with Gasteiger partial charge in [0.15, 0.2) is 0 Å². The molecule has 0 saturated carbocycles. The van der Waals surface area contributed by atoms with E-state index < -0.39 is 0 Å². The number of carbonyl (C=O) groups excluding carboxylic acids is 1. The molecule has 0 aromatic carbocycles. The summed E-state index contributed by atoms with van der Waals surface area (Å²) in [4.78, 5) is 19.9. The lowest BCUT2D eigenvalue weighted by atomic mass is 9.93. The van der Waals surface area contributed by atoms with Gasteiger partial charge in [-0.15, -0.1) is 11.8 Å². The molecular weight excluding hydrogens is 286 g/mol. The van der Waals surface area contributed by atoms with Crippen LogP contribution < -0.4 is 4.74 Å². The molecule has 3 heterocycles. The van der Waals surface area contributed by atoms with Gasteiger partial charge in [0.1, 0.15) is 11.9 Å². The minimum absolute atomic E-state index is 0.217. The highest BCUT2D eigenvalue weighted by Gasteiger charge is 2.51. The smallest absolute Gasteiger partial charge is 0.236 e. The van der Waals surface area contributed by atoms with Crippen LogP contribution in [0.15, 0.2) is 24.5 Å². The number of hydrogen-bond donors (Lipinski definition) is 0. The van der Waals surface area contributed by atoms with E-state index in [1.807, 2.05) is 47.8 Å². The fourth-order valence-corrected chi connectivity index (χ4v) is 4.43. The van der Waals surface area contributed by atoms with Crippen LogP contribution in [0.25, 0.3) is 0 Å². The summed E-state index contributed by atoms with van der Waals surface area (Å²) in [7, 11) is 3.85. The van der Waals surface area contributed by atoms with E-state index in [0.717, 1.165) is 31.0 Å². The van der Waals surface area contributed by atoms with Gasteiger partial charge in [-0.1, -0.05) is 0 Å². The average Bonchev–Trinajstić information content (AvgIpc) is 2.81. The first-order chi connectivity index (χ1) is 10.1. The van der Waals surface area contributed by atoms with Gasteiger partial charge in [0.2, 0.25) is 5.91 Å². The molecule has 0 radical (unpaired) electrons. The summed E-state index contributed by atoms with van der Waals surface area (Å²) in [6.45, 7) is 2.21. The van der Waals surface area contributed by atoms with Gasteiger partial charge in [-0.25, -0.2) is 0 Å². The van der Waals surface area contributed by atoms with Crippen LogP contribution in [0.5, 0.6) is 5.75 Å². The van der Waals surface area contributed by atoms with Crippen molar-refractivity contribution in [2.45, 2.75) is 17.3 Å². The Bertz CT molecular complexity index is 503. The highest BCUT2D eigenvalue weighted by Crippen LogP contribution is 2.46. The summed E-state index contributed by atoms with van der Waals surface area (Å²) >= 11 is 1.95. The number of ether oxygens (including phenoxy) is 1. The molecule has 2 fully saturated rings. The fraction of sp³-hybridized carbons (Fsp3) is 0.600. The second-order valence-corrected chi connectivity index (χ2v) is 7.60. The van der Waals surface area contributed by atoms with Crippen molar-refractivity contribution in [2.24, 2.45) is 0 Å². The Kier molecular flexibility index (Phi) is 4.08. The van der Waals surface area contributed by atoms with Crippen molar-refractivity contribution in [3.63, 3.8) is 0 Å². The Morgan fingerprint density at radius 1 is 1.57 bits per heavy atom. The molecule has 2 saturated heterocycles. The molecular formula is C15H21N3O2S. The quantitative estimate of drug-likeness (QED) is 0.834. The molecule has 2 aliphatic heterocycles. The third kappa shape index (κ3) is 3.32. The third-order valence-electron chi connectivity index (χ3n) is 3.87. The summed E-state index contributed by atoms with van der Waals surface area (Å²) < 4.78 is 6.19. The number of aromatic nitrogens is 1. The molecule has 0 unspecified atom stereocenters. The highest BCUT2D eigenvalue weighted by atomic mass is 32.2. The monoisotopic (exact) mass is 307 g/mol. The first-order valence-corrected chi connectivity index (χ1v) is 8.18. The summed E-state index contributed by atoms with van der Waals surface area (Å²) in [6.07, 6.45) is 4.74. The summed E-state index contributed by atoms with van der Waals surface area (Å²) in [6, 6.07) is 3.83. The largest absolute Gasteiger partial charge is 0.488 e. The normalized spacial score (nSPS) is 23.4. The molecule has 1 aromatic heterocycles. The van der Waals surface area contributed by atoms with E-state index in [9.17, 15) is 4.79 Å². The molecule has 6 heteroatoms. The van der Waals surface area contributed by atoms with Crippen LogP contribution in [0.4, 0.5) is 0 Å². The summed E-state index contributed by atoms with van der Waals surface area (Å²) in [5.74, 6) is 2.05. The molecule has 0 N–H and O–H groups in total. The average molecular weight is 307 g/mol. The molecule has 2 aliphatic rings. The zero-order valence-corrected chi connectivity index (χ0v) is 13.3. The molecule has 21 heavy (non-hydrogen) atoms. The van der Waals surface area contributed by atoms with Crippen molar-refractivity contribution in [2.75, 3.05) is 39.5 Å². The maximum absolute atomic E-state index is 12.0. The van der Waals surface area contributed by atoms with E-state index in [2.05, 4.69) is 4.98 Å². The molecule has 114 valence electrons. The van der Waals surface area contributed by atoms with E-state index in [0.29, 0.717) is 6.54 Å². The minimum atomic E-state index is 0.217. The standard InChI is InChI=1S/C15H21N3O2S/c1-17(2)8-14(19)18-10-15(11-18)6-13(9-21-15)20-12-4-3-5-16-7-12/h3-5,7,13H,6,8-11H2,1-2H3/t13-/m0/s1. The third-order valence-corrected chi connectivity index (χ3v) is 5.45. The van der Waals surface area contributed by atoms with Gasteiger partial charge in [0, 0.05) is 31.5 Å². The Balaban J connectivity index is 1.49. The zero-order chi connectivity index (χ0) is 14.9. The van der Waals surface area contributed by atoms with Gasteiger partial charge >= 0.3 is 0 Å². The van der Waals surface area contributed by atoms with Crippen LogP contribution in [0.1, 0.15) is 6.42 Å². The molecule has 5 nitrogen and oxygen atoms in total. The van der Waals surface area contributed by atoms with Crippen molar-refractivity contribution in [1.82, 2.24) is 14.8 Å². The van der Waals surface area contributed by atoms with Crippen LogP contribution in [-0.2, 0) is 4.79 Å². The number of carbonyl (C=O) groups is 1. The lowest BCUT2D eigenvalue weighted by molar-refractivity contribution is -0.137. The molecule has 1 aromatic rings. The Morgan fingerprint density at radius 2 is 2.38 bits per heavy atom. The topological polar surface area (TPSA) is 45.7 Å². The Morgan fingerprint density at radius 3 is 3.05 bits per heavy atom. The number of nitrogens with zero attached hydrogens (tertiary/aromatic N) is 3. The van der Waals surface area contributed by atoms with Crippen molar-refractivity contribution in [3.05, 3.63) is 24.5 Å². The van der Waals surface area contributed by atoms with E-state index in [-0.39, 0.29) is 16.8 Å². The Labute approximate surface area is 129 Å². The van der Waals surface area contributed by atoms with E-state index >= 15 is 0 Å². The lowest BCUT2D eigenvalue weighted by Crippen LogP contribution is -2.62. The van der Waals surface area contributed by atoms with Crippen LogP contribution in [0.3, 0.4) is 0 Å². The lowest BCUT2D eigenvalue weighted by Gasteiger charge is -2.47. The zero-order valence-electron chi connectivity index (χ0n) is 12.5. The molecule has 3 rings (SSSR count). The van der Waals surface area contributed by atoms with Crippen LogP contribution in [0, 0.1) is 0 Å². The van der Waals surface area contributed by atoms with Gasteiger partial charge in [0.25, 0.3) is 0 Å². The van der Waals surface area contributed by atoms with Gasteiger partial charge < -0.3 is 14.5 Å². The first-order valence-electron chi connectivity index (χ1n) is 7.19. The number of likely N-dealkylation sites (tertiary alicyclic amines) is 1. The number of hydrogen-bond acceptors (Lipinski definition) is 5. The van der Waals surface area contributed by atoms with Crippen LogP contribution >= 0.6 is 11.8 Å². The van der Waals surface area contributed by atoms with Gasteiger partial charge in [-0.2, -0.15) is 0 Å². The number of pyridine rings is 1. The second kappa shape index (κ2) is 5.85. The van der Waals surface area contributed by atoms with Crippen molar-refractivity contribution < 1.29 is 9.53 Å². The number of likely N-dealkylation sites (N-methyl/N-ethyl adjacent to an activating group) is 1. The molecule has 0 bridgehead atoms. The maximum atomic E-state index is 12.0. The molecule has 1 amide bonds. The van der Waals surface area contributed by atoms with Crippen LogP contribution in [0.2, 0.25) is 0 Å². The molecule has 1 spiro atoms. The maximum Gasteiger partial charge on any atom is 0.236 e. The fourth-order valence-electron chi connectivity index (χ4n) is 2.90. The summed E-state index contributed by atoms with van der Waals surface area (Å²) in [5.41, 5.74) is 0. The van der Waals surface area contributed by atoms with E-state index in [1.54, 1.807) is 12.4 Å². The van der Waals surface area contributed by atoms with E-state index in [4.69, 9.17) is 4.74 Å². The number of rotatable bonds is 4. The van der Waals surface area contributed by atoms with Gasteiger partial charge in [-0.3, -0.25) is 9.78 Å². The SMILES string of the molecule is CN(C)CC(=O)N1CC2(C[C@H](Oc3cccnc3)CS2)C1.